The van der Waals surface area contributed by atoms with Crippen LogP contribution in [-0.4, -0.2) is 60.1 Å². The molecular weight excluding hydrogens is 419 g/mol. The molecule has 2 atom stereocenters. The van der Waals surface area contributed by atoms with Crippen molar-refractivity contribution in [2.24, 2.45) is 0 Å². The van der Waals surface area contributed by atoms with Crippen LogP contribution in [0.4, 0.5) is 10.2 Å². The van der Waals surface area contributed by atoms with E-state index in [4.69, 9.17) is 4.74 Å². The summed E-state index contributed by atoms with van der Waals surface area (Å²) < 4.78 is 18.4. The van der Waals surface area contributed by atoms with Gasteiger partial charge >= 0.3 is 0 Å². The molecule has 2 unspecified atom stereocenters. The van der Waals surface area contributed by atoms with E-state index in [1.54, 1.807) is 18.3 Å². The molecule has 0 aliphatic carbocycles. The SMILES string of the molecule is O=C(NCc1ccc(N2CCOCC2)nc1)C1CSC(Cc2ccc(F)cc2)C(=O)N1. The number of thioether (sulfide) groups is 1. The molecule has 0 bridgehead atoms. The molecule has 0 radical (unpaired) electrons. The number of amides is 2. The third-order valence-corrected chi connectivity index (χ3v) is 6.64. The summed E-state index contributed by atoms with van der Waals surface area (Å²) in [7, 11) is 0. The second-order valence-electron chi connectivity index (χ2n) is 7.56. The monoisotopic (exact) mass is 444 g/mol. The van der Waals surface area contributed by atoms with Crippen molar-refractivity contribution in [2.75, 3.05) is 37.0 Å². The van der Waals surface area contributed by atoms with Gasteiger partial charge in [-0.15, -0.1) is 11.8 Å². The second-order valence-corrected chi connectivity index (χ2v) is 8.79. The minimum Gasteiger partial charge on any atom is -0.378 e. The van der Waals surface area contributed by atoms with Crippen molar-refractivity contribution in [2.45, 2.75) is 24.3 Å². The molecule has 1 aromatic carbocycles. The van der Waals surface area contributed by atoms with Crippen molar-refractivity contribution in [3.8, 4) is 0 Å². The summed E-state index contributed by atoms with van der Waals surface area (Å²) in [6.07, 6.45) is 2.27. The van der Waals surface area contributed by atoms with Crippen LogP contribution < -0.4 is 15.5 Å². The van der Waals surface area contributed by atoms with Crippen molar-refractivity contribution < 1.29 is 18.7 Å². The minimum atomic E-state index is -0.567. The zero-order valence-electron chi connectivity index (χ0n) is 17.1. The quantitative estimate of drug-likeness (QED) is 0.703. The van der Waals surface area contributed by atoms with Gasteiger partial charge in [0.1, 0.15) is 17.7 Å². The van der Waals surface area contributed by atoms with E-state index in [2.05, 4.69) is 20.5 Å². The molecule has 2 fully saturated rings. The number of halogens is 1. The fourth-order valence-electron chi connectivity index (χ4n) is 3.53. The van der Waals surface area contributed by atoms with Gasteiger partial charge in [-0.2, -0.15) is 0 Å². The lowest BCUT2D eigenvalue weighted by atomic mass is 10.1. The zero-order valence-corrected chi connectivity index (χ0v) is 17.9. The molecule has 2 saturated heterocycles. The molecule has 0 spiro atoms. The fourth-order valence-corrected chi connectivity index (χ4v) is 4.72. The van der Waals surface area contributed by atoms with Gasteiger partial charge in [0.15, 0.2) is 0 Å². The maximum absolute atomic E-state index is 13.0. The number of carbonyl (C=O) groups excluding carboxylic acids is 2. The van der Waals surface area contributed by atoms with E-state index in [1.165, 1.54) is 23.9 Å². The molecule has 9 heteroatoms. The molecule has 2 aliphatic rings. The predicted octanol–water partition coefficient (Wildman–Crippen LogP) is 1.52. The second kappa shape index (κ2) is 10.1. The van der Waals surface area contributed by atoms with E-state index in [1.807, 2.05) is 12.1 Å². The lowest BCUT2D eigenvalue weighted by molar-refractivity contribution is -0.128. The van der Waals surface area contributed by atoms with Crippen LogP contribution in [0, 0.1) is 5.82 Å². The van der Waals surface area contributed by atoms with Crippen molar-refractivity contribution >= 4 is 29.4 Å². The van der Waals surface area contributed by atoms with Gasteiger partial charge in [-0.1, -0.05) is 18.2 Å². The summed E-state index contributed by atoms with van der Waals surface area (Å²) in [5, 5.41) is 5.40. The maximum atomic E-state index is 13.0. The Hall–Kier alpha value is -2.65. The van der Waals surface area contributed by atoms with Crippen LogP contribution in [0.5, 0.6) is 0 Å². The molecule has 4 rings (SSSR count). The predicted molar refractivity (Wildman–Crippen MR) is 117 cm³/mol. The smallest absolute Gasteiger partial charge is 0.243 e. The third-order valence-electron chi connectivity index (χ3n) is 5.33. The van der Waals surface area contributed by atoms with E-state index in [9.17, 15) is 14.0 Å². The Labute approximate surface area is 184 Å². The highest BCUT2D eigenvalue weighted by molar-refractivity contribution is 8.00. The number of hydrogen-bond donors (Lipinski definition) is 2. The van der Waals surface area contributed by atoms with Gasteiger partial charge in [0, 0.05) is 31.6 Å². The number of carbonyl (C=O) groups is 2. The van der Waals surface area contributed by atoms with Crippen molar-refractivity contribution in [3.05, 3.63) is 59.5 Å². The summed E-state index contributed by atoms with van der Waals surface area (Å²) >= 11 is 1.45. The van der Waals surface area contributed by atoms with Crippen molar-refractivity contribution in [1.82, 2.24) is 15.6 Å². The van der Waals surface area contributed by atoms with Crippen molar-refractivity contribution in [1.29, 1.82) is 0 Å². The maximum Gasteiger partial charge on any atom is 0.243 e. The van der Waals surface area contributed by atoms with Crippen LogP contribution in [0.3, 0.4) is 0 Å². The normalized spacial score (nSPS) is 21.5. The lowest BCUT2D eigenvalue weighted by Crippen LogP contribution is -2.54. The summed E-state index contributed by atoms with van der Waals surface area (Å²) in [4.78, 5) is 31.6. The first-order valence-corrected chi connectivity index (χ1v) is 11.3. The van der Waals surface area contributed by atoms with Gasteiger partial charge < -0.3 is 20.3 Å². The average Bonchev–Trinajstić information content (AvgIpc) is 2.81. The molecule has 2 N–H and O–H groups in total. The third kappa shape index (κ3) is 5.74. The fraction of sp³-hybridized carbons (Fsp3) is 0.409. The Balaban J connectivity index is 1.24. The first-order chi connectivity index (χ1) is 15.1. The Kier molecular flexibility index (Phi) is 7.03. The van der Waals surface area contributed by atoms with Crippen LogP contribution in [0.15, 0.2) is 42.6 Å². The highest BCUT2D eigenvalue weighted by atomic mass is 32.2. The lowest BCUT2D eigenvalue weighted by Gasteiger charge is -2.28. The Morgan fingerprint density at radius 1 is 1.19 bits per heavy atom. The first kappa shape index (κ1) is 21.6. The van der Waals surface area contributed by atoms with Gasteiger partial charge in [0.05, 0.1) is 18.5 Å². The molecule has 2 aromatic rings. The van der Waals surface area contributed by atoms with Gasteiger partial charge in [0.25, 0.3) is 0 Å². The molecule has 2 amide bonds. The largest absolute Gasteiger partial charge is 0.378 e. The van der Waals surface area contributed by atoms with E-state index in [0.29, 0.717) is 31.9 Å². The topological polar surface area (TPSA) is 83.6 Å². The van der Waals surface area contributed by atoms with Gasteiger partial charge in [-0.05, 0) is 35.7 Å². The Morgan fingerprint density at radius 2 is 1.94 bits per heavy atom. The number of benzene rings is 1. The molecule has 7 nitrogen and oxygen atoms in total. The molecular formula is C22H25FN4O3S. The number of hydrogen-bond acceptors (Lipinski definition) is 6. The number of ether oxygens (including phenoxy) is 1. The molecule has 1 aromatic heterocycles. The number of nitrogens with zero attached hydrogens (tertiary/aromatic N) is 2. The van der Waals surface area contributed by atoms with Gasteiger partial charge in [-0.3, -0.25) is 9.59 Å². The molecule has 0 saturated carbocycles. The van der Waals surface area contributed by atoms with Crippen LogP contribution in [0.1, 0.15) is 11.1 Å². The van der Waals surface area contributed by atoms with E-state index in [-0.39, 0.29) is 22.9 Å². The number of aromatic nitrogens is 1. The highest BCUT2D eigenvalue weighted by Crippen LogP contribution is 2.22. The van der Waals surface area contributed by atoms with Gasteiger partial charge in [0.2, 0.25) is 11.8 Å². The summed E-state index contributed by atoms with van der Waals surface area (Å²) in [5.74, 6) is 0.724. The number of morpholine rings is 1. The average molecular weight is 445 g/mol. The Morgan fingerprint density at radius 3 is 2.61 bits per heavy atom. The summed E-state index contributed by atoms with van der Waals surface area (Å²) in [6, 6.07) is 9.47. The standard InChI is InChI=1S/C22H25FN4O3S/c23-17-4-1-15(2-5-17)11-19-22(29)26-18(14-31-19)21(28)25-13-16-3-6-20(24-12-16)27-7-9-30-10-8-27/h1-6,12,18-19H,7-11,13-14H2,(H,25,28)(H,26,29). The van der Waals surface area contributed by atoms with Crippen LogP contribution >= 0.6 is 11.8 Å². The molecule has 31 heavy (non-hydrogen) atoms. The molecule has 3 heterocycles. The number of pyridine rings is 1. The molecule has 2 aliphatic heterocycles. The Bertz CT molecular complexity index is 904. The number of anilines is 1. The van der Waals surface area contributed by atoms with Crippen LogP contribution in [0.25, 0.3) is 0 Å². The van der Waals surface area contributed by atoms with E-state index in [0.717, 1.165) is 30.0 Å². The van der Waals surface area contributed by atoms with E-state index >= 15 is 0 Å². The minimum absolute atomic E-state index is 0.169. The highest BCUT2D eigenvalue weighted by Gasteiger charge is 2.32. The zero-order chi connectivity index (χ0) is 21.6. The van der Waals surface area contributed by atoms with Crippen LogP contribution in [0.2, 0.25) is 0 Å². The van der Waals surface area contributed by atoms with Gasteiger partial charge in [-0.25, -0.2) is 9.37 Å². The number of nitrogens with one attached hydrogen (secondary N) is 2. The van der Waals surface area contributed by atoms with Crippen molar-refractivity contribution in [3.63, 3.8) is 0 Å². The van der Waals surface area contributed by atoms with E-state index < -0.39 is 6.04 Å². The summed E-state index contributed by atoms with van der Waals surface area (Å²) in [6.45, 7) is 3.41. The number of rotatable bonds is 6. The summed E-state index contributed by atoms with van der Waals surface area (Å²) in [5.41, 5.74) is 1.79. The molecule has 164 valence electrons. The first-order valence-electron chi connectivity index (χ1n) is 10.3. The van der Waals surface area contributed by atoms with Crippen LogP contribution in [-0.2, 0) is 27.3 Å².